The van der Waals surface area contributed by atoms with Crippen molar-refractivity contribution in [3.05, 3.63) is 29.7 Å². The van der Waals surface area contributed by atoms with Gasteiger partial charge in [0.25, 0.3) is 0 Å². The van der Waals surface area contributed by atoms with Gasteiger partial charge in [0.2, 0.25) is 5.91 Å². The SMILES string of the molecule is CC(=O)CC(=O)NCc1ccc2nc(C)oc2c1. The molecule has 0 spiro atoms. The number of aromatic nitrogens is 1. The van der Waals surface area contributed by atoms with E-state index in [1.54, 1.807) is 6.92 Å². The second kappa shape index (κ2) is 5.00. The number of Topliss-reactive ketones (excluding diaryl/α,β-unsaturated/α-hetero) is 1. The lowest BCUT2D eigenvalue weighted by atomic mass is 10.2. The van der Waals surface area contributed by atoms with Crippen LogP contribution in [0.4, 0.5) is 0 Å². The molecule has 1 heterocycles. The third kappa shape index (κ3) is 2.94. The lowest BCUT2D eigenvalue weighted by Gasteiger charge is -2.03. The fraction of sp³-hybridized carbons (Fsp3) is 0.308. The number of rotatable bonds is 4. The van der Waals surface area contributed by atoms with Crippen LogP contribution in [0, 0.1) is 6.92 Å². The van der Waals surface area contributed by atoms with Gasteiger partial charge in [-0.25, -0.2) is 4.98 Å². The molecule has 0 unspecified atom stereocenters. The zero-order valence-corrected chi connectivity index (χ0v) is 10.3. The van der Waals surface area contributed by atoms with E-state index < -0.39 is 0 Å². The number of aryl methyl sites for hydroxylation is 1. The molecule has 0 saturated heterocycles. The molecule has 18 heavy (non-hydrogen) atoms. The lowest BCUT2D eigenvalue weighted by Crippen LogP contribution is -2.24. The summed E-state index contributed by atoms with van der Waals surface area (Å²) < 4.78 is 5.40. The number of benzene rings is 1. The molecule has 5 nitrogen and oxygen atoms in total. The van der Waals surface area contributed by atoms with E-state index in [9.17, 15) is 9.59 Å². The van der Waals surface area contributed by atoms with Gasteiger partial charge in [-0.05, 0) is 24.6 Å². The van der Waals surface area contributed by atoms with Gasteiger partial charge in [0.05, 0.1) is 6.42 Å². The molecule has 94 valence electrons. The zero-order valence-electron chi connectivity index (χ0n) is 10.3. The first-order valence-electron chi connectivity index (χ1n) is 5.67. The Hall–Kier alpha value is -2.17. The Labute approximate surface area is 104 Å². The standard InChI is InChI=1S/C13H14N2O3/c1-8(16)5-13(17)14-7-10-3-4-11-12(6-10)18-9(2)15-11/h3-4,6H,5,7H2,1-2H3,(H,14,17). The Morgan fingerprint density at radius 3 is 2.89 bits per heavy atom. The maximum atomic E-state index is 11.3. The van der Waals surface area contributed by atoms with Crippen molar-refractivity contribution in [2.45, 2.75) is 26.8 Å². The highest BCUT2D eigenvalue weighted by molar-refractivity contribution is 5.96. The monoisotopic (exact) mass is 246 g/mol. The molecule has 0 bridgehead atoms. The molecule has 0 atom stereocenters. The summed E-state index contributed by atoms with van der Waals surface area (Å²) in [5.74, 6) is 0.202. The Kier molecular flexibility index (Phi) is 3.41. The van der Waals surface area contributed by atoms with Crippen LogP contribution < -0.4 is 5.32 Å². The topological polar surface area (TPSA) is 72.2 Å². The van der Waals surface area contributed by atoms with E-state index in [-0.39, 0.29) is 18.1 Å². The van der Waals surface area contributed by atoms with E-state index in [1.807, 2.05) is 18.2 Å². The van der Waals surface area contributed by atoms with Gasteiger partial charge >= 0.3 is 0 Å². The van der Waals surface area contributed by atoms with Gasteiger partial charge in [0.1, 0.15) is 11.3 Å². The smallest absolute Gasteiger partial charge is 0.227 e. The highest BCUT2D eigenvalue weighted by Crippen LogP contribution is 2.16. The molecule has 0 radical (unpaired) electrons. The number of carbonyl (C=O) groups excluding carboxylic acids is 2. The molecule has 0 saturated carbocycles. The number of fused-ring (bicyclic) bond motifs is 1. The van der Waals surface area contributed by atoms with E-state index in [2.05, 4.69) is 10.3 Å². The van der Waals surface area contributed by atoms with E-state index in [0.717, 1.165) is 11.1 Å². The average molecular weight is 246 g/mol. The minimum atomic E-state index is -0.267. The molecule has 0 aliphatic heterocycles. The molecule has 0 aliphatic rings. The van der Waals surface area contributed by atoms with Gasteiger partial charge < -0.3 is 9.73 Å². The number of hydrogen-bond donors (Lipinski definition) is 1. The fourth-order valence-electron chi connectivity index (χ4n) is 1.68. The zero-order chi connectivity index (χ0) is 13.1. The molecule has 5 heteroatoms. The van der Waals surface area contributed by atoms with Crippen molar-refractivity contribution >= 4 is 22.8 Å². The Morgan fingerprint density at radius 2 is 2.17 bits per heavy atom. The van der Waals surface area contributed by atoms with Crippen LogP contribution in [-0.2, 0) is 16.1 Å². The second-order valence-electron chi connectivity index (χ2n) is 4.19. The third-order valence-corrected chi connectivity index (χ3v) is 2.46. The van der Waals surface area contributed by atoms with Crippen molar-refractivity contribution < 1.29 is 14.0 Å². The predicted octanol–water partition coefficient (Wildman–Crippen LogP) is 1.73. The largest absolute Gasteiger partial charge is 0.441 e. The number of hydrogen-bond acceptors (Lipinski definition) is 4. The van der Waals surface area contributed by atoms with Crippen molar-refractivity contribution in [1.29, 1.82) is 0 Å². The van der Waals surface area contributed by atoms with Crippen LogP contribution in [0.2, 0.25) is 0 Å². The van der Waals surface area contributed by atoms with Crippen molar-refractivity contribution in [2.24, 2.45) is 0 Å². The van der Waals surface area contributed by atoms with Crippen LogP contribution >= 0.6 is 0 Å². The highest BCUT2D eigenvalue weighted by Gasteiger charge is 2.06. The summed E-state index contributed by atoms with van der Waals surface area (Å²) in [7, 11) is 0. The van der Waals surface area contributed by atoms with Gasteiger partial charge in [0, 0.05) is 13.5 Å². The summed E-state index contributed by atoms with van der Waals surface area (Å²) in [6, 6.07) is 5.56. The molecule has 1 amide bonds. The first-order valence-corrected chi connectivity index (χ1v) is 5.67. The summed E-state index contributed by atoms with van der Waals surface area (Å²) in [5.41, 5.74) is 2.41. The molecule has 1 aromatic heterocycles. The minimum Gasteiger partial charge on any atom is -0.441 e. The van der Waals surface area contributed by atoms with E-state index >= 15 is 0 Å². The summed E-state index contributed by atoms with van der Waals surface area (Å²) in [5, 5.41) is 2.68. The van der Waals surface area contributed by atoms with Gasteiger partial charge in [-0.3, -0.25) is 9.59 Å². The first kappa shape index (κ1) is 12.3. The van der Waals surface area contributed by atoms with Crippen LogP contribution in [0.25, 0.3) is 11.1 Å². The van der Waals surface area contributed by atoms with E-state index in [4.69, 9.17) is 4.42 Å². The van der Waals surface area contributed by atoms with Gasteiger partial charge in [-0.1, -0.05) is 6.07 Å². The summed E-state index contributed by atoms with van der Waals surface area (Å²) in [4.78, 5) is 26.3. The quantitative estimate of drug-likeness (QED) is 0.834. The van der Waals surface area contributed by atoms with Gasteiger partial charge in [-0.2, -0.15) is 0 Å². The van der Waals surface area contributed by atoms with Crippen molar-refractivity contribution in [1.82, 2.24) is 10.3 Å². The average Bonchev–Trinajstić information content (AvgIpc) is 2.64. The van der Waals surface area contributed by atoms with Crippen LogP contribution in [0.1, 0.15) is 24.8 Å². The Balaban J connectivity index is 2.03. The normalized spacial score (nSPS) is 10.6. The Bertz CT molecular complexity index is 601. The number of nitrogens with zero attached hydrogens (tertiary/aromatic N) is 1. The fourth-order valence-corrected chi connectivity index (χ4v) is 1.68. The molecule has 0 fully saturated rings. The maximum absolute atomic E-state index is 11.3. The number of oxazole rings is 1. The summed E-state index contributed by atoms with van der Waals surface area (Å²) >= 11 is 0. The number of nitrogens with one attached hydrogen (secondary N) is 1. The third-order valence-electron chi connectivity index (χ3n) is 2.46. The van der Waals surface area contributed by atoms with Crippen LogP contribution in [0.5, 0.6) is 0 Å². The first-order chi connectivity index (χ1) is 8.54. The molecule has 1 N–H and O–H groups in total. The minimum absolute atomic E-state index is 0.0797. The van der Waals surface area contributed by atoms with E-state index in [0.29, 0.717) is 18.0 Å². The van der Waals surface area contributed by atoms with Crippen LogP contribution in [0.15, 0.2) is 22.6 Å². The van der Waals surface area contributed by atoms with Crippen LogP contribution in [-0.4, -0.2) is 16.7 Å². The molecule has 2 aromatic rings. The lowest BCUT2D eigenvalue weighted by molar-refractivity contribution is -0.127. The molecular formula is C13H14N2O3. The Morgan fingerprint density at radius 1 is 1.39 bits per heavy atom. The van der Waals surface area contributed by atoms with Gasteiger partial charge in [0.15, 0.2) is 11.5 Å². The van der Waals surface area contributed by atoms with E-state index in [1.165, 1.54) is 6.92 Å². The van der Waals surface area contributed by atoms with Crippen molar-refractivity contribution in [3.63, 3.8) is 0 Å². The number of amides is 1. The predicted molar refractivity (Wildman–Crippen MR) is 65.9 cm³/mol. The summed E-state index contributed by atoms with van der Waals surface area (Å²) in [6.07, 6.45) is -0.0797. The van der Waals surface area contributed by atoms with Gasteiger partial charge in [-0.15, -0.1) is 0 Å². The second-order valence-corrected chi connectivity index (χ2v) is 4.19. The highest BCUT2D eigenvalue weighted by atomic mass is 16.3. The maximum Gasteiger partial charge on any atom is 0.227 e. The summed E-state index contributed by atoms with van der Waals surface area (Å²) in [6.45, 7) is 3.55. The van der Waals surface area contributed by atoms with Crippen molar-refractivity contribution in [2.75, 3.05) is 0 Å². The van der Waals surface area contributed by atoms with Crippen LogP contribution in [0.3, 0.4) is 0 Å². The number of ketones is 1. The number of carbonyl (C=O) groups is 2. The molecule has 1 aromatic carbocycles. The molecular weight excluding hydrogens is 232 g/mol. The van der Waals surface area contributed by atoms with Crippen molar-refractivity contribution in [3.8, 4) is 0 Å². The molecule has 2 rings (SSSR count). The molecule has 0 aliphatic carbocycles.